The van der Waals surface area contributed by atoms with Gasteiger partial charge in [0.1, 0.15) is 0 Å². The summed E-state index contributed by atoms with van der Waals surface area (Å²) in [4.78, 5) is 1.35. The number of rotatable bonds is 5. The highest BCUT2D eigenvalue weighted by atomic mass is 32.2. The summed E-state index contributed by atoms with van der Waals surface area (Å²) in [7, 11) is 0. The van der Waals surface area contributed by atoms with Crippen LogP contribution in [-0.2, 0) is 11.3 Å². The van der Waals surface area contributed by atoms with Crippen LogP contribution in [-0.4, -0.2) is 24.0 Å². The van der Waals surface area contributed by atoms with Crippen molar-refractivity contribution in [2.24, 2.45) is 0 Å². The third-order valence-corrected chi connectivity index (χ3v) is 4.56. The van der Waals surface area contributed by atoms with Gasteiger partial charge in [-0.2, -0.15) is 0 Å². The highest BCUT2D eigenvalue weighted by molar-refractivity contribution is 7.99. The molecule has 1 N–H and O–H groups in total. The SMILES string of the molecule is CC(C)(C)NCc1cccc(SCC2CCCCO2)c1. The van der Waals surface area contributed by atoms with E-state index in [-0.39, 0.29) is 5.54 Å². The van der Waals surface area contributed by atoms with Gasteiger partial charge >= 0.3 is 0 Å². The zero-order valence-electron chi connectivity index (χ0n) is 12.9. The molecule has 2 rings (SSSR count). The molecule has 1 aliphatic rings. The molecule has 0 aromatic heterocycles. The van der Waals surface area contributed by atoms with E-state index in [1.807, 2.05) is 11.8 Å². The molecule has 1 aromatic carbocycles. The quantitative estimate of drug-likeness (QED) is 0.821. The Kier molecular flexibility index (Phi) is 5.94. The zero-order valence-corrected chi connectivity index (χ0v) is 13.8. The van der Waals surface area contributed by atoms with E-state index in [1.165, 1.54) is 29.7 Å². The van der Waals surface area contributed by atoms with Crippen LogP contribution in [0.25, 0.3) is 0 Å². The van der Waals surface area contributed by atoms with Crippen molar-refractivity contribution >= 4 is 11.8 Å². The van der Waals surface area contributed by atoms with Crippen molar-refractivity contribution in [1.29, 1.82) is 0 Å². The van der Waals surface area contributed by atoms with Gasteiger partial charge in [0.2, 0.25) is 0 Å². The van der Waals surface area contributed by atoms with Gasteiger partial charge in [0.15, 0.2) is 0 Å². The zero-order chi connectivity index (χ0) is 14.4. The van der Waals surface area contributed by atoms with E-state index in [4.69, 9.17) is 4.74 Å². The van der Waals surface area contributed by atoms with Crippen LogP contribution in [0.2, 0.25) is 0 Å². The van der Waals surface area contributed by atoms with Crippen LogP contribution >= 0.6 is 11.8 Å². The molecule has 1 aliphatic heterocycles. The van der Waals surface area contributed by atoms with Gasteiger partial charge < -0.3 is 10.1 Å². The van der Waals surface area contributed by atoms with Crippen LogP contribution in [0.1, 0.15) is 45.6 Å². The van der Waals surface area contributed by atoms with Crippen LogP contribution < -0.4 is 5.32 Å². The topological polar surface area (TPSA) is 21.3 Å². The van der Waals surface area contributed by atoms with Gasteiger partial charge in [0.05, 0.1) is 6.10 Å². The minimum absolute atomic E-state index is 0.166. The third kappa shape index (κ3) is 5.86. The van der Waals surface area contributed by atoms with Crippen LogP contribution in [0.4, 0.5) is 0 Å². The third-order valence-electron chi connectivity index (χ3n) is 3.43. The summed E-state index contributed by atoms with van der Waals surface area (Å²) in [5, 5.41) is 3.54. The van der Waals surface area contributed by atoms with Crippen molar-refractivity contribution < 1.29 is 4.74 Å². The first-order valence-electron chi connectivity index (χ1n) is 7.61. The molecule has 1 fully saturated rings. The van der Waals surface area contributed by atoms with E-state index in [0.29, 0.717) is 6.10 Å². The van der Waals surface area contributed by atoms with Crippen molar-refractivity contribution in [1.82, 2.24) is 5.32 Å². The van der Waals surface area contributed by atoms with Crippen LogP contribution in [0.3, 0.4) is 0 Å². The molecule has 2 nitrogen and oxygen atoms in total. The average molecular weight is 293 g/mol. The predicted octanol–water partition coefficient (Wildman–Crippen LogP) is 4.24. The molecule has 3 heteroatoms. The van der Waals surface area contributed by atoms with Crippen molar-refractivity contribution in [3.8, 4) is 0 Å². The van der Waals surface area contributed by atoms with Gasteiger partial charge in [-0.25, -0.2) is 0 Å². The highest BCUT2D eigenvalue weighted by Crippen LogP contribution is 2.24. The summed E-state index contributed by atoms with van der Waals surface area (Å²) in [6.07, 6.45) is 4.22. The largest absolute Gasteiger partial charge is 0.377 e. The van der Waals surface area contributed by atoms with E-state index in [1.54, 1.807) is 0 Å². The average Bonchev–Trinajstić information content (AvgIpc) is 2.44. The summed E-state index contributed by atoms with van der Waals surface area (Å²) in [6.45, 7) is 8.47. The second-order valence-electron chi connectivity index (χ2n) is 6.55. The number of nitrogens with one attached hydrogen (secondary N) is 1. The van der Waals surface area contributed by atoms with Crippen molar-refractivity contribution in [2.75, 3.05) is 12.4 Å². The molecular weight excluding hydrogens is 266 g/mol. The fourth-order valence-corrected chi connectivity index (χ4v) is 3.29. The van der Waals surface area contributed by atoms with Gasteiger partial charge in [-0.05, 0) is 57.7 Å². The normalized spacial score (nSPS) is 20.1. The lowest BCUT2D eigenvalue weighted by Crippen LogP contribution is -2.35. The van der Waals surface area contributed by atoms with Gasteiger partial charge in [-0.15, -0.1) is 11.8 Å². The van der Waals surface area contributed by atoms with Crippen LogP contribution in [0, 0.1) is 0 Å². The Morgan fingerprint density at radius 2 is 2.15 bits per heavy atom. The predicted molar refractivity (Wildman–Crippen MR) is 87.3 cm³/mol. The second kappa shape index (κ2) is 7.48. The molecule has 0 spiro atoms. The molecular formula is C17H27NOS. The minimum atomic E-state index is 0.166. The minimum Gasteiger partial charge on any atom is -0.377 e. The molecule has 1 heterocycles. The lowest BCUT2D eigenvalue weighted by molar-refractivity contribution is 0.0315. The second-order valence-corrected chi connectivity index (χ2v) is 7.64. The van der Waals surface area contributed by atoms with Gasteiger partial charge in [-0.1, -0.05) is 12.1 Å². The lowest BCUT2D eigenvalue weighted by atomic mass is 10.1. The smallest absolute Gasteiger partial charge is 0.0669 e. The molecule has 1 saturated heterocycles. The molecule has 0 aliphatic carbocycles. The fourth-order valence-electron chi connectivity index (χ4n) is 2.24. The molecule has 1 aromatic rings. The fraction of sp³-hybridized carbons (Fsp3) is 0.647. The first kappa shape index (κ1) is 15.9. The Morgan fingerprint density at radius 1 is 1.30 bits per heavy atom. The highest BCUT2D eigenvalue weighted by Gasteiger charge is 2.14. The van der Waals surface area contributed by atoms with Gasteiger partial charge in [0.25, 0.3) is 0 Å². The number of ether oxygens (including phenoxy) is 1. The van der Waals surface area contributed by atoms with Crippen molar-refractivity contribution in [3.63, 3.8) is 0 Å². The summed E-state index contributed by atoms with van der Waals surface area (Å²) >= 11 is 1.92. The molecule has 1 atom stereocenters. The molecule has 0 saturated carbocycles. The number of hydrogen-bond donors (Lipinski definition) is 1. The number of hydrogen-bond acceptors (Lipinski definition) is 3. The molecule has 1 unspecified atom stereocenters. The van der Waals surface area contributed by atoms with Gasteiger partial charge in [0, 0.05) is 29.3 Å². The lowest BCUT2D eigenvalue weighted by Gasteiger charge is -2.22. The first-order valence-corrected chi connectivity index (χ1v) is 8.60. The van der Waals surface area contributed by atoms with E-state index in [9.17, 15) is 0 Å². The van der Waals surface area contributed by atoms with Crippen LogP contribution in [0.15, 0.2) is 29.2 Å². The Bertz CT molecular complexity index is 408. The molecule has 0 radical (unpaired) electrons. The number of benzene rings is 1. The summed E-state index contributed by atoms with van der Waals surface area (Å²) in [6, 6.07) is 8.85. The molecule has 0 bridgehead atoms. The first-order chi connectivity index (χ1) is 9.53. The Hall–Kier alpha value is -0.510. The van der Waals surface area contributed by atoms with Gasteiger partial charge in [-0.3, -0.25) is 0 Å². The maximum absolute atomic E-state index is 5.79. The van der Waals surface area contributed by atoms with E-state index >= 15 is 0 Å². The number of thioether (sulfide) groups is 1. The maximum atomic E-state index is 5.79. The van der Waals surface area contributed by atoms with Crippen molar-refractivity contribution in [2.45, 2.75) is 63.1 Å². The molecule has 112 valence electrons. The Morgan fingerprint density at radius 3 is 2.85 bits per heavy atom. The van der Waals surface area contributed by atoms with Crippen molar-refractivity contribution in [3.05, 3.63) is 29.8 Å². The summed E-state index contributed by atoms with van der Waals surface area (Å²) in [5.74, 6) is 1.08. The maximum Gasteiger partial charge on any atom is 0.0669 e. The Balaban J connectivity index is 1.82. The summed E-state index contributed by atoms with van der Waals surface area (Å²) in [5.41, 5.74) is 1.52. The van der Waals surface area contributed by atoms with E-state index in [0.717, 1.165) is 18.9 Å². The Labute approximate surface area is 127 Å². The van der Waals surface area contributed by atoms with Crippen LogP contribution in [0.5, 0.6) is 0 Å². The monoisotopic (exact) mass is 293 g/mol. The summed E-state index contributed by atoms with van der Waals surface area (Å²) < 4.78 is 5.79. The molecule has 20 heavy (non-hydrogen) atoms. The molecule has 0 amide bonds. The standard InChI is InChI=1S/C17H27NOS/c1-17(2,3)18-12-14-7-6-9-16(11-14)20-13-15-8-4-5-10-19-15/h6-7,9,11,15,18H,4-5,8,10,12-13H2,1-3H3. The van der Waals surface area contributed by atoms with E-state index in [2.05, 4.69) is 50.4 Å². The van der Waals surface area contributed by atoms with E-state index < -0.39 is 0 Å².